The lowest BCUT2D eigenvalue weighted by molar-refractivity contribution is -0.116. The Bertz CT molecular complexity index is 695. The van der Waals surface area contributed by atoms with Gasteiger partial charge in [0.1, 0.15) is 12.4 Å². The summed E-state index contributed by atoms with van der Waals surface area (Å²) in [6.07, 6.45) is 7.96. The van der Waals surface area contributed by atoms with E-state index in [1.54, 1.807) is 23.5 Å². The van der Waals surface area contributed by atoms with E-state index in [4.69, 9.17) is 4.74 Å². The fraction of sp³-hybridized carbons (Fsp3) is 0.400. The molecule has 2 aromatic rings. The number of aryl methyl sites for hydroxylation is 1. The summed E-state index contributed by atoms with van der Waals surface area (Å²) in [5.74, 6) is 0.682. The van der Waals surface area contributed by atoms with Crippen molar-refractivity contribution in [1.29, 1.82) is 0 Å². The average Bonchev–Trinajstić information content (AvgIpc) is 3.04. The van der Waals surface area contributed by atoms with Gasteiger partial charge in [0.15, 0.2) is 0 Å². The number of thiazole rings is 1. The summed E-state index contributed by atoms with van der Waals surface area (Å²) in [6.45, 7) is 5.31. The number of amides is 1. The molecule has 0 aliphatic carbocycles. The molecule has 0 aliphatic rings. The van der Waals surface area contributed by atoms with Crippen LogP contribution in [-0.2, 0) is 11.4 Å². The number of unbranched alkanes of at least 4 members (excludes halogenated alkanes) is 3. The predicted octanol–water partition coefficient (Wildman–Crippen LogP) is 4.74. The van der Waals surface area contributed by atoms with Gasteiger partial charge in [0, 0.05) is 23.6 Å². The van der Waals surface area contributed by atoms with Gasteiger partial charge in [0.2, 0.25) is 5.91 Å². The minimum absolute atomic E-state index is 0.0681. The molecule has 1 amide bonds. The highest BCUT2D eigenvalue weighted by atomic mass is 32.1. The Morgan fingerprint density at radius 1 is 1.28 bits per heavy atom. The summed E-state index contributed by atoms with van der Waals surface area (Å²) in [7, 11) is 0. The molecule has 0 atom stereocenters. The lowest BCUT2D eigenvalue weighted by Gasteiger charge is -2.08. The third-order valence-electron chi connectivity index (χ3n) is 3.70. The molecule has 1 aromatic carbocycles. The van der Waals surface area contributed by atoms with E-state index in [2.05, 4.69) is 17.2 Å². The van der Waals surface area contributed by atoms with Crippen LogP contribution in [0.3, 0.4) is 0 Å². The molecule has 1 aromatic heterocycles. The highest BCUT2D eigenvalue weighted by molar-refractivity contribution is 7.09. The highest BCUT2D eigenvalue weighted by Gasteiger charge is 2.04. The number of rotatable bonds is 10. The second-order valence-electron chi connectivity index (χ2n) is 5.87. The molecule has 0 spiro atoms. The number of ether oxygens (including phenoxy) is 1. The van der Waals surface area contributed by atoms with Crippen molar-refractivity contribution in [2.45, 2.75) is 46.1 Å². The van der Waals surface area contributed by atoms with Crippen LogP contribution in [0.4, 0.5) is 0 Å². The molecule has 5 heteroatoms. The number of carbonyl (C=O) groups is 1. The third-order valence-corrected chi connectivity index (χ3v) is 4.53. The summed E-state index contributed by atoms with van der Waals surface area (Å²) in [5.41, 5.74) is 1.81. The number of hydrogen-bond donors (Lipinski definition) is 1. The number of nitrogens with zero attached hydrogens (tertiary/aromatic N) is 1. The van der Waals surface area contributed by atoms with E-state index in [1.807, 2.05) is 36.6 Å². The van der Waals surface area contributed by atoms with E-state index in [0.717, 1.165) is 41.4 Å². The molecule has 0 aliphatic heterocycles. The molecular formula is C20H26N2O2S. The smallest absolute Gasteiger partial charge is 0.244 e. The van der Waals surface area contributed by atoms with Gasteiger partial charge in [-0.2, -0.15) is 0 Å². The van der Waals surface area contributed by atoms with Crippen LogP contribution in [0, 0.1) is 6.92 Å². The molecule has 1 N–H and O–H groups in total. The number of hydrogen-bond acceptors (Lipinski definition) is 4. The van der Waals surface area contributed by atoms with Gasteiger partial charge in [-0.1, -0.05) is 44.4 Å². The van der Waals surface area contributed by atoms with E-state index in [9.17, 15) is 4.79 Å². The van der Waals surface area contributed by atoms with Crippen molar-refractivity contribution in [3.8, 4) is 5.75 Å². The summed E-state index contributed by atoms with van der Waals surface area (Å²) >= 11 is 1.61. The van der Waals surface area contributed by atoms with Crippen molar-refractivity contribution in [3.05, 3.63) is 52.0 Å². The topological polar surface area (TPSA) is 51.2 Å². The van der Waals surface area contributed by atoms with Crippen LogP contribution in [0.1, 0.15) is 48.9 Å². The maximum atomic E-state index is 11.9. The van der Waals surface area contributed by atoms with Crippen molar-refractivity contribution in [2.75, 3.05) is 6.54 Å². The normalized spacial score (nSPS) is 11.0. The lowest BCUT2D eigenvalue weighted by Crippen LogP contribution is -2.21. The molecule has 0 saturated heterocycles. The van der Waals surface area contributed by atoms with E-state index in [-0.39, 0.29) is 5.91 Å². The molecule has 0 unspecified atom stereocenters. The van der Waals surface area contributed by atoms with Crippen LogP contribution < -0.4 is 10.1 Å². The first-order chi connectivity index (χ1) is 12.2. The molecule has 0 saturated carbocycles. The van der Waals surface area contributed by atoms with Crippen LogP contribution in [0.5, 0.6) is 5.75 Å². The second kappa shape index (κ2) is 10.7. The Morgan fingerprint density at radius 2 is 2.12 bits per heavy atom. The monoisotopic (exact) mass is 358 g/mol. The van der Waals surface area contributed by atoms with Crippen molar-refractivity contribution in [3.63, 3.8) is 0 Å². The molecule has 1 heterocycles. The zero-order valence-corrected chi connectivity index (χ0v) is 15.8. The number of carbonyl (C=O) groups excluding carboxylic acids is 1. The Morgan fingerprint density at radius 3 is 2.88 bits per heavy atom. The Balaban J connectivity index is 1.85. The second-order valence-corrected chi connectivity index (χ2v) is 6.93. The highest BCUT2D eigenvalue weighted by Crippen LogP contribution is 2.21. The first-order valence-electron chi connectivity index (χ1n) is 8.77. The van der Waals surface area contributed by atoms with Gasteiger partial charge in [-0.15, -0.1) is 11.3 Å². The first kappa shape index (κ1) is 19.2. The standard InChI is InChI=1S/C20H26N2O2S/c1-3-4-5-8-13-21-20(23)12-11-17-9-6-7-10-19(17)24-14-18-15-25-16(2)22-18/h6-7,9-12,15H,3-5,8,13-14H2,1-2H3,(H,21,23)/b12-11+. The van der Waals surface area contributed by atoms with Gasteiger partial charge in [0.25, 0.3) is 0 Å². The molecule has 134 valence electrons. The van der Waals surface area contributed by atoms with Gasteiger partial charge in [0.05, 0.1) is 10.7 Å². The van der Waals surface area contributed by atoms with Gasteiger partial charge in [-0.05, 0) is 25.5 Å². The molecule has 0 fully saturated rings. The van der Waals surface area contributed by atoms with E-state index in [0.29, 0.717) is 6.61 Å². The minimum atomic E-state index is -0.0681. The van der Waals surface area contributed by atoms with Crippen LogP contribution in [-0.4, -0.2) is 17.4 Å². The lowest BCUT2D eigenvalue weighted by atomic mass is 10.2. The zero-order chi connectivity index (χ0) is 17.9. The average molecular weight is 359 g/mol. The number of nitrogens with one attached hydrogen (secondary N) is 1. The molecule has 0 bridgehead atoms. The predicted molar refractivity (Wildman–Crippen MR) is 104 cm³/mol. The third kappa shape index (κ3) is 7.10. The van der Waals surface area contributed by atoms with Crippen molar-refractivity contribution >= 4 is 23.3 Å². The van der Waals surface area contributed by atoms with Crippen molar-refractivity contribution in [2.24, 2.45) is 0 Å². The molecule has 0 radical (unpaired) electrons. The number of benzene rings is 1. The Kier molecular flexibility index (Phi) is 8.19. The Hall–Kier alpha value is -2.14. The van der Waals surface area contributed by atoms with E-state index >= 15 is 0 Å². The van der Waals surface area contributed by atoms with Crippen molar-refractivity contribution in [1.82, 2.24) is 10.3 Å². The summed E-state index contributed by atoms with van der Waals surface area (Å²) in [4.78, 5) is 16.3. The van der Waals surface area contributed by atoms with Crippen LogP contribution in [0.25, 0.3) is 6.08 Å². The van der Waals surface area contributed by atoms with Crippen LogP contribution >= 0.6 is 11.3 Å². The zero-order valence-electron chi connectivity index (χ0n) is 15.0. The summed E-state index contributed by atoms with van der Waals surface area (Å²) in [6, 6.07) is 7.70. The van der Waals surface area contributed by atoms with Crippen molar-refractivity contribution < 1.29 is 9.53 Å². The maximum absolute atomic E-state index is 11.9. The fourth-order valence-electron chi connectivity index (χ4n) is 2.36. The summed E-state index contributed by atoms with van der Waals surface area (Å²) < 4.78 is 5.86. The number of aromatic nitrogens is 1. The van der Waals surface area contributed by atoms with Gasteiger partial charge in [-0.25, -0.2) is 4.98 Å². The van der Waals surface area contributed by atoms with Crippen LogP contribution in [0.15, 0.2) is 35.7 Å². The Labute approximate surface area is 153 Å². The molecule has 2 rings (SSSR count). The quantitative estimate of drug-likeness (QED) is 0.493. The largest absolute Gasteiger partial charge is 0.487 e. The van der Waals surface area contributed by atoms with Gasteiger partial charge in [-0.3, -0.25) is 4.79 Å². The maximum Gasteiger partial charge on any atom is 0.244 e. The number of para-hydroxylation sites is 1. The SMILES string of the molecule is CCCCCCNC(=O)/C=C/c1ccccc1OCc1csc(C)n1. The first-order valence-corrected chi connectivity index (χ1v) is 9.65. The minimum Gasteiger partial charge on any atom is -0.487 e. The molecular weight excluding hydrogens is 332 g/mol. The molecule has 25 heavy (non-hydrogen) atoms. The summed E-state index contributed by atoms with van der Waals surface area (Å²) in [5, 5.41) is 5.95. The van der Waals surface area contributed by atoms with Gasteiger partial charge >= 0.3 is 0 Å². The van der Waals surface area contributed by atoms with Crippen LogP contribution in [0.2, 0.25) is 0 Å². The molecule has 4 nitrogen and oxygen atoms in total. The van der Waals surface area contributed by atoms with E-state index < -0.39 is 0 Å². The van der Waals surface area contributed by atoms with E-state index in [1.165, 1.54) is 12.8 Å². The fourth-order valence-corrected chi connectivity index (χ4v) is 2.96. The van der Waals surface area contributed by atoms with Gasteiger partial charge < -0.3 is 10.1 Å².